The number of amides is 1. The van der Waals surface area contributed by atoms with E-state index in [0.717, 1.165) is 0 Å². The zero-order valence-electron chi connectivity index (χ0n) is 9.84. The van der Waals surface area contributed by atoms with Gasteiger partial charge in [-0.3, -0.25) is 4.79 Å². The molecule has 0 spiro atoms. The van der Waals surface area contributed by atoms with E-state index in [1.165, 1.54) is 17.0 Å². The third-order valence-electron chi connectivity index (χ3n) is 3.00. The highest BCUT2D eigenvalue weighted by Crippen LogP contribution is 2.23. The number of carbonyl (C=O) groups is 1. The second-order valence-electron chi connectivity index (χ2n) is 4.26. The molecule has 0 aromatic heterocycles. The van der Waals surface area contributed by atoms with Crippen LogP contribution in [0.25, 0.3) is 0 Å². The van der Waals surface area contributed by atoms with Crippen molar-refractivity contribution >= 4 is 21.8 Å². The van der Waals surface area contributed by atoms with Gasteiger partial charge in [0.15, 0.2) is 0 Å². The van der Waals surface area contributed by atoms with Gasteiger partial charge in [-0.2, -0.15) is 0 Å². The van der Waals surface area contributed by atoms with Crippen LogP contribution < -0.4 is 5.32 Å². The summed E-state index contributed by atoms with van der Waals surface area (Å²) in [7, 11) is 0. The number of hydrogen-bond acceptors (Lipinski definition) is 2. The summed E-state index contributed by atoms with van der Waals surface area (Å²) >= 11 is 3.01. The van der Waals surface area contributed by atoms with Crippen molar-refractivity contribution in [2.75, 3.05) is 13.1 Å². The Labute approximate surface area is 112 Å². The SMILES string of the molecule is CC1NCCN(Cc2c(F)ccc(Br)c2F)C1=O. The molecule has 3 nitrogen and oxygen atoms in total. The molecule has 98 valence electrons. The van der Waals surface area contributed by atoms with Gasteiger partial charge in [-0.25, -0.2) is 8.78 Å². The van der Waals surface area contributed by atoms with Crippen molar-refractivity contribution < 1.29 is 13.6 Å². The average molecular weight is 319 g/mol. The fourth-order valence-corrected chi connectivity index (χ4v) is 2.32. The second kappa shape index (κ2) is 5.32. The highest BCUT2D eigenvalue weighted by atomic mass is 79.9. The zero-order valence-corrected chi connectivity index (χ0v) is 11.4. The smallest absolute Gasteiger partial charge is 0.239 e. The summed E-state index contributed by atoms with van der Waals surface area (Å²) in [4.78, 5) is 13.3. The number of piperazine rings is 1. The van der Waals surface area contributed by atoms with Gasteiger partial charge in [0.1, 0.15) is 11.6 Å². The molecule has 18 heavy (non-hydrogen) atoms. The molecule has 1 atom stereocenters. The lowest BCUT2D eigenvalue weighted by atomic mass is 10.1. The summed E-state index contributed by atoms with van der Waals surface area (Å²) in [6, 6.07) is 2.20. The predicted molar refractivity (Wildman–Crippen MR) is 66.9 cm³/mol. The van der Waals surface area contributed by atoms with Crippen molar-refractivity contribution in [3.8, 4) is 0 Å². The predicted octanol–water partition coefficient (Wildman–Crippen LogP) is 2.05. The third kappa shape index (κ3) is 2.54. The van der Waals surface area contributed by atoms with Crippen LogP contribution in [-0.4, -0.2) is 29.9 Å². The van der Waals surface area contributed by atoms with Crippen LogP contribution in [0.4, 0.5) is 8.78 Å². The largest absolute Gasteiger partial charge is 0.336 e. The molecule has 0 aliphatic carbocycles. The van der Waals surface area contributed by atoms with Gasteiger partial charge in [-0.15, -0.1) is 0 Å². The fourth-order valence-electron chi connectivity index (χ4n) is 1.95. The third-order valence-corrected chi connectivity index (χ3v) is 3.61. The average Bonchev–Trinajstić information content (AvgIpc) is 2.35. The summed E-state index contributed by atoms with van der Waals surface area (Å²) in [6.45, 7) is 2.78. The highest BCUT2D eigenvalue weighted by molar-refractivity contribution is 9.10. The molecule has 0 saturated carbocycles. The lowest BCUT2D eigenvalue weighted by molar-refractivity contribution is -0.135. The zero-order chi connectivity index (χ0) is 13.3. The van der Waals surface area contributed by atoms with Gasteiger partial charge in [0.2, 0.25) is 5.91 Å². The Morgan fingerprint density at radius 3 is 2.94 bits per heavy atom. The van der Waals surface area contributed by atoms with Gasteiger partial charge in [-0.1, -0.05) is 0 Å². The first-order chi connectivity index (χ1) is 8.50. The Balaban J connectivity index is 2.24. The van der Waals surface area contributed by atoms with Crippen molar-refractivity contribution in [1.29, 1.82) is 0 Å². The van der Waals surface area contributed by atoms with E-state index in [2.05, 4.69) is 21.2 Å². The molecule has 2 rings (SSSR count). The minimum absolute atomic E-state index is 0.0397. The molecular weight excluding hydrogens is 306 g/mol. The van der Waals surface area contributed by atoms with Gasteiger partial charge in [0.05, 0.1) is 17.1 Å². The van der Waals surface area contributed by atoms with Crippen molar-refractivity contribution in [3.05, 3.63) is 33.8 Å². The highest BCUT2D eigenvalue weighted by Gasteiger charge is 2.26. The van der Waals surface area contributed by atoms with Crippen molar-refractivity contribution in [2.45, 2.75) is 19.5 Å². The molecule has 1 aromatic rings. The first-order valence-corrected chi connectivity index (χ1v) is 6.44. The first-order valence-electron chi connectivity index (χ1n) is 5.65. The molecule has 1 aliphatic rings. The van der Waals surface area contributed by atoms with Gasteiger partial charge >= 0.3 is 0 Å². The monoisotopic (exact) mass is 318 g/mol. The van der Waals surface area contributed by atoms with E-state index in [1.807, 2.05) is 0 Å². The van der Waals surface area contributed by atoms with Crippen LogP contribution in [0.1, 0.15) is 12.5 Å². The van der Waals surface area contributed by atoms with E-state index >= 15 is 0 Å². The maximum atomic E-state index is 13.8. The van der Waals surface area contributed by atoms with Crippen molar-refractivity contribution in [2.24, 2.45) is 0 Å². The molecule has 0 bridgehead atoms. The maximum Gasteiger partial charge on any atom is 0.239 e. The molecule has 1 fully saturated rings. The van der Waals surface area contributed by atoms with Crippen LogP contribution in [0.2, 0.25) is 0 Å². The summed E-state index contributed by atoms with van der Waals surface area (Å²) < 4.78 is 27.6. The van der Waals surface area contributed by atoms with Crippen LogP contribution in [0.5, 0.6) is 0 Å². The van der Waals surface area contributed by atoms with Crippen LogP contribution in [-0.2, 0) is 11.3 Å². The number of nitrogens with one attached hydrogen (secondary N) is 1. The van der Waals surface area contributed by atoms with Crippen LogP contribution in [0.3, 0.4) is 0 Å². The molecule has 6 heteroatoms. The number of nitrogens with zero attached hydrogens (tertiary/aromatic N) is 1. The van der Waals surface area contributed by atoms with Crippen LogP contribution in [0.15, 0.2) is 16.6 Å². The van der Waals surface area contributed by atoms with E-state index in [9.17, 15) is 13.6 Å². The Morgan fingerprint density at radius 2 is 2.22 bits per heavy atom. The minimum atomic E-state index is -0.644. The number of halogens is 3. The molecule has 1 saturated heterocycles. The lowest BCUT2D eigenvalue weighted by Crippen LogP contribution is -2.53. The fraction of sp³-hybridized carbons (Fsp3) is 0.417. The Morgan fingerprint density at radius 1 is 1.50 bits per heavy atom. The van der Waals surface area contributed by atoms with E-state index in [1.54, 1.807) is 6.92 Å². The van der Waals surface area contributed by atoms with Gasteiger partial charge in [0, 0.05) is 18.7 Å². The van der Waals surface area contributed by atoms with Crippen LogP contribution >= 0.6 is 15.9 Å². The maximum absolute atomic E-state index is 13.8. The van der Waals surface area contributed by atoms with E-state index < -0.39 is 11.6 Å². The molecule has 1 aromatic carbocycles. The Kier molecular flexibility index (Phi) is 3.97. The topological polar surface area (TPSA) is 32.3 Å². The number of carbonyl (C=O) groups excluding carboxylic acids is 1. The normalized spacial score (nSPS) is 20.3. The summed E-state index contributed by atoms with van der Waals surface area (Å²) in [5.41, 5.74) is -0.0770. The van der Waals surface area contributed by atoms with Gasteiger partial charge in [0.25, 0.3) is 0 Å². The number of hydrogen-bond donors (Lipinski definition) is 1. The number of rotatable bonds is 2. The van der Waals surface area contributed by atoms with E-state index in [4.69, 9.17) is 0 Å². The minimum Gasteiger partial charge on any atom is -0.336 e. The molecule has 1 aliphatic heterocycles. The molecule has 1 amide bonds. The van der Waals surface area contributed by atoms with Gasteiger partial charge < -0.3 is 10.2 Å². The first kappa shape index (κ1) is 13.4. The number of benzene rings is 1. The van der Waals surface area contributed by atoms with Crippen LogP contribution in [0, 0.1) is 11.6 Å². The summed E-state index contributed by atoms with van der Waals surface area (Å²) in [6.07, 6.45) is 0. The Hall–Kier alpha value is -1.01. The van der Waals surface area contributed by atoms with E-state index in [-0.39, 0.29) is 28.5 Å². The molecule has 1 N–H and O–H groups in total. The van der Waals surface area contributed by atoms with Gasteiger partial charge in [-0.05, 0) is 35.0 Å². The quantitative estimate of drug-likeness (QED) is 0.846. The van der Waals surface area contributed by atoms with Crippen molar-refractivity contribution in [1.82, 2.24) is 10.2 Å². The molecule has 0 radical (unpaired) electrons. The van der Waals surface area contributed by atoms with Crippen molar-refractivity contribution in [3.63, 3.8) is 0 Å². The molecular formula is C12H13BrF2N2O. The van der Waals surface area contributed by atoms with E-state index in [0.29, 0.717) is 13.1 Å². The summed E-state index contributed by atoms with van der Waals surface area (Å²) in [5, 5.41) is 3.00. The second-order valence-corrected chi connectivity index (χ2v) is 5.11. The lowest BCUT2D eigenvalue weighted by Gasteiger charge is -2.31. The Bertz CT molecular complexity index is 481. The molecule has 1 unspecified atom stereocenters. The standard InChI is InChI=1S/C12H13BrF2N2O/c1-7-12(18)17(5-4-16-7)6-8-10(14)3-2-9(13)11(8)15/h2-3,7,16H,4-6H2,1H3. The molecule has 1 heterocycles. The summed E-state index contributed by atoms with van der Waals surface area (Å²) in [5.74, 6) is -1.41.